The van der Waals surface area contributed by atoms with Crippen molar-refractivity contribution in [3.05, 3.63) is 61.8 Å². The summed E-state index contributed by atoms with van der Waals surface area (Å²) in [7, 11) is 0. The van der Waals surface area contributed by atoms with Crippen molar-refractivity contribution >= 4 is 64.2 Å². The van der Waals surface area contributed by atoms with Crippen molar-refractivity contribution in [2.45, 2.75) is 6.54 Å². The molecule has 0 aliphatic carbocycles. The Kier molecular flexibility index (Phi) is 4.19. The Bertz CT molecular complexity index is 747. The van der Waals surface area contributed by atoms with E-state index >= 15 is 0 Å². The zero-order valence-corrected chi connectivity index (χ0v) is 15.0. The molecular formula is C15H10Br3NO. The van der Waals surface area contributed by atoms with Crippen LogP contribution in [-0.2, 0) is 6.54 Å². The molecule has 2 nitrogen and oxygen atoms in total. The average Bonchev–Trinajstić information content (AvgIpc) is 2.75. The van der Waals surface area contributed by atoms with Gasteiger partial charge in [0.2, 0.25) is 0 Å². The van der Waals surface area contributed by atoms with Crippen LogP contribution in [0.2, 0.25) is 0 Å². The third-order valence-electron chi connectivity index (χ3n) is 2.97. The van der Waals surface area contributed by atoms with Crippen LogP contribution in [0.15, 0.2) is 60.5 Å². The van der Waals surface area contributed by atoms with Crippen LogP contribution in [0.5, 0.6) is 0 Å². The molecule has 2 aromatic carbocycles. The number of hydrogen-bond acceptors (Lipinski definition) is 2. The molecular weight excluding hydrogens is 450 g/mol. The second-order valence-corrected chi connectivity index (χ2v) is 6.88. The van der Waals surface area contributed by atoms with E-state index in [0.717, 1.165) is 25.1 Å². The van der Waals surface area contributed by atoms with Gasteiger partial charge in [0.05, 0.1) is 11.0 Å². The van der Waals surface area contributed by atoms with Gasteiger partial charge in [-0.25, -0.2) is 0 Å². The highest BCUT2D eigenvalue weighted by molar-refractivity contribution is 9.13. The van der Waals surface area contributed by atoms with E-state index in [9.17, 15) is 0 Å². The lowest BCUT2D eigenvalue weighted by Crippen LogP contribution is -1.97. The molecule has 0 fully saturated rings. The Labute approximate surface area is 141 Å². The van der Waals surface area contributed by atoms with Crippen LogP contribution in [0.4, 0.5) is 5.69 Å². The van der Waals surface area contributed by atoms with E-state index < -0.39 is 0 Å². The first kappa shape index (κ1) is 14.2. The third-order valence-corrected chi connectivity index (χ3v) is 5.17. The molecule has 0 aliphatic heterocycles. The normalized spacial score (nSPS) is 10.9. The summed E-state index contributed by atoms with van der Waals surface area (Å²) < 4.78 is 8.28. The van der Waals surface area contributed by atoms with E-state index in [4.69, 9.17) is 4.42 Å². The number of hydrogen-bond donors (Lipinski definition) is 1. The van der Waals surface area contributed by atoms with Crippen molar-refractivity contribution in [3.8, 4) is 0 Å². The van der Waals surface area contributed by atoms with Gasteiger partial charge in [0, 0.05) is 10.2 Å². The van der Waals surface area contributed by atoms with Crippen LogP contribution in [0, 0.1) is 0 Å². The molecule has 1 heterocycles. The number of furan rings is 1. The number of anilines is 1. The van der Waals surface area contributed by atoms with E-state index in [1.807, 2.05) is 12.1 Å². The van der Waals surface area contributed by atoms with Crippen LogP contribution < -0.4 is 5.32 Å². The number of nitrogens with one attached hydrogen (secondary N) is 1. The van der Waals surface area contributed by atoms with Gasteiger partial charge in [-0.1, -0.05) is 28.1 Å². The van der Waals surface area contributed by atoms with Crippen LogP contribution in [0.25, 0.3) is 10.8 Å². The molecule has 0 bridgehead atoms. The maximum absolute atomic E-state index is 5.54. The maximum atomic E-state index is 5.54. The molecule has 1 aromatic heterocycles. The first-order chi connectivity index (χ1) is 9.61. The monoisotopic (exact) mass is 457 g/mol. The number of fused-ring (bicyclic) bond motifs is 1. The second-order valence-electron chi connectivity index (χ2n) is 4.39. The standard InChI is InChI=1S/C15H10Br3NO/c16-11-3-1-10-6-12(4-2-9(10)5-11)19-8-13-7-14(17)15(18)20-13/h1-7,19H,8H2. The van der Waals surface area contributed by atoms with E-state index in [2.05, 4.69) is 83.4 Å². The van der Waals surface area contributed by atoms with Gasteiger partial charge < -0.3 is 9.73 Å². The Morgan fingerprint density at radius 2 is 1.65 bits per heavy atom. The fraction of sp³-hybridized carbons (Fsp3) is 0.0667. The summed E-state index contributed by atoms with van der Waals surface area (Å²) in [6.07, 6.45) is 0. The molecule has 0 aliphatic rings. The molecule has 0 amide bonds. The van der Waals surface area contributed by atoms with Gasteiger partial charge in [-0.15, -0.1) is 0 Å². The minimum Gasteiger partial charge on any atom is -0.451 e. The van der Waals surface area contributed by atoms with Crippen LogP contribution in [0.3, 0.4) is 0 Å². The van der Waals surface area contributed by atoms with Gasteiger partial charge in [0.1, 0.15) is 5.76 Å². The zero-order valence-electron chi connectivity index (χ0n) is 10.3. The first-order valence-corrected chi connectivity index (χ1v) is 8.36. The van der Waals surface area contributed by atoms with Crippen molar-refractivity contribution in [3.63, 3.8) is 0 Å². The van der Waals surface area contributed by atoms with Crippen molar-refractivity contribution in [2.24, 2.45) is 0 Å². The third kappa shape index (κ3) is 3.10. The lowest BCUT2D eigenvalue weighted by atomic mass is 10.1. The van der Waals surface area contributed by atoms with Crippen LogP contribution >= 0.6 is 47.8 Å². The summed E-state index contributed by atoms with van der Waals surface area (Å²) in [6, 6.07) is 14.5. The fourth-order valence-corrected chi connectivity index (χ4v) is 3.03. The molecule has 0 radical (unpaired) electrons. The molecule has 0 saturated carbocycles. The van der Waals surface area contributed by atoms with Crippen molar-refractivity contribution in [1.82, 2.24) is 0 Å². The van der Waals surface area contributed by atoms with Gasteiger partial charge >= 0.3 is 0 Å². The zero-order chi connectivity index (χ0) is 14.1. The summed E-state index contributed by atoms with van der Waals surface area (Å²) in [5, 5.41) is 5.79. The van der Waals surface area contributed by atoms with Gasteiger partial charge in [-0.05, 0) is 73.0 Å². The Balaban J connectivity index is 1.79. The molecule has 5 heteroatoms. The SMILES string of the molecule is Brc1ccc2cc(NCc3cc(Br)c(Br)o3)ccc2c1. The molecule has 102 valence electrons. The largest absolute Gasteiger partial charge is 0.451 e. The fourth-order valence-electron chi connectivity index (χ4n) is 1.99. The van der Waals surface area contributed by atoms with E-state index in [1.165, 1.54) is 10.8 Å². The number of rotatable bonds is 3. The van der Waals surface area contributed by atoms with E-state index in [-0.39, 0.29) is 0 Å². The average molecular weight is 460 g/mol. The predicted molar refractivity (Wildman–Crippen MR) is 93.1 cm³/mol. The second kappa shape index (κ2) is 5.92. The molecule has 0 saturated heterocycles. The number of halogens is 3. The molecule has 20 heavy (non-hydrogen) atoms. The van der Waals surface area contributed by atoms with Gasteiger partial charge in [0.25, 0.3) is 0 Å². The lowest BCUT2D eigenvalue weighted by Gasteiger charge is -2.06. The highest BCUT2D eigenvalue weighted by Crippen LogP contribution is 2.28. The van der Waals surface area contributed by atoms with Gasteiger partial charge in [0.15, 0.2) is 4.67 Å². The lowest BCUT2D eigenvalue weighted by molar-refractivity contribution is 0.494. The molecule has 1 N–H and O–H groups in total. The molecule has 0 atom stereocenters. The smallest absolute Gasteiger partial charge is 0.183 e. The molecule has 3 rings (SSSR count). The summed E-state index contributed by atoms with van der Waals surface area (Å²) in [5.74, 6) is 0.875. The van der Waals surface area contributed by atoms with E-state index in [0.29, 0.717) is 6.54 Å². The maximum Gasteiger partial charge on any atom is 0.183 e. The first-order valence-electron chi connectivity index (χ1n) is 5.99. The van der Waals surface area contributed by atoms with E-state index in [1.54, 1.807) is 0 Å². The molecule has 0 unspecified atom stereocenters. The predicted octanol–water partition coefficient (Wildman–Crippen LogP) is 6.33. The molecule has 0 spiro atoms. The molecule has 3 aromatic rings. The Morgan fingerprint density at radius 1 is 0.900 bits per heavy atom. The van der Waals surface area contributed by atoms with Gasteiger partial charge in [-0.3, -0.25) is 0 Å². The Morgan fingerprint density at radius 3 is 2.40 bits per heavy atom. The quantitative estimate of drug-likeness (QED) is 0.495. The summed E-state index contributed by atoms with van der Waals surface area (Å²) in [5.41, 5.74) is 1.07. The minimum atomic E-state index is 0.645. The number of benzene rings is 2. The van der Waals surface area contributed by atoms with Crippen molar-refractivity contribution in [1.29, 1.82) is 0 Å². The highest BCUT2D eigenvalue weighted by atomic mass is 79.9. The minimum absolute atomic E-state index is 0.645. The topological polar surface area (TPSA) is 25.2 Å². The Hall–Kier alpha value is -0.780. The van der Waals surface area contributed by atoms with Gasteiger partial charge in [-0.2, -0.15) is 0 Å². The van der Waals surface area contributed by atoms with Crippen LogP contribution in [0.1, 0.15) is 5.76 Å². The summed E-state index contributed by atoms with van der Waals surface area (Å²) in [6.45, 7) is 0.645. The summed E-state index contributed by atoms with van der Waals surface area (Å²) >= 11 is 10.2. The van der Waals surface area contributed by atoms with Crippen molar-refractivity contribution < 1.29 is 4.42 Å². The highest BCUT2D eigenvalue weighted by Gasteiger charge is 2.05. The van der Waals surface area contributed by atoms with Crippen LogP contribution in [-0.4, -0.2) is 0 Å². The summed E-state index contributed by atoms with van der Waals surface area (Å²) in [4.78, 5) is 0. The van der Waals surface area contributed by atoms with Crippen molar-refractivity contribution in [2.75, 3.05) is 5.32 Å².